The molecule has 0 bridgehead atoms. The molecule has 29 heavy (non-hydrogen) atoms. The minimum atomic E-state index is -0.366. The van der Waals surface area contributed by atoms with Crippen molar-refractivity contribution in [1.82, 2.24) is 14.4 Å². The van der Waals surface area contributed by atoms with E-state index in [4.69, 9.17) is 9.72 Å². The molecule has 0 aliphatic carbocycles. The van der Waals surface area contributed by atoms with Crippen LogP contribution in [-0.2, 0) is 4.74 Å². The number of rotatable bonds is 2. The number of nitrogens with zero attached hydrogens (tertiary/aromatic N) is 4. The summed E-state index contributed by atoms with van der Waals surface area (Å²) in [5, 5.41) is 0. The molecule has 5 rings (SSSR count). The van der Waals surface area contributed by atoms with Crippen LogP contribution in [0.1, 0.15) is 19.5 Å². The summed E-state index contributed by atoms with van der Waals surface area (Å²) in [6.45, 7) is 7.75. The van der Waals surface area contributed by atoms with Crippen molar-refractivity contribution in [2.75, 3.05) is 18.0 Å². The summed E-state index contributed by atoms with van der Waals surface area (Å²) in [6, 6.07) is 13.5. The molecule has 1 aliphatic heterocycles. The second kappa shape index (κ2) is 6.81. The van der Waals surface area contributed by atoms with Crippen molar-refractivity contribution in [2.24, 2.45) is 0 Å². The Bertz CT molecular complexity index is 1210. The number of hydrogen-bond acceptors (Lipinski definition) is 4. The van der Waals surface area contributed by atoms with Crippen molar-refractivity contribution >= 4 is 22.5 Å². The molecule has 0 unspecified atom stereocenters. The average molecular weight is 389 g/mol. The lowest BCUT2D eigenvalue weighted by molar-refractivity contribution is -0.00573. The Hall–Kier alpha value is -2.99. The summed E-state index contributed by atoms with van der Waals surface area (Å²) >= 11 is 0. The third-order valence-corrected chi connectivity index (χ3v) is 5.42. The first-order valence-electron chi connectivity index (χ1n) is 9.85. The van der Waals surface area contributed by atoms with Crippen LogP contribution in [0.25, 0.3) is 27.7 Å². The molecule has 1 saturated heterocycles. The van der Waals surface area contributed by atoms with E-state index in [-0.39, 0.29) is 18.0 Å². The quantitative estimate of drug-likeness (QED) is 0.509. The summed E-state index contributed by atoms with van der Waals surface area (Å²) in [5.74, 6) is 0.533. The number of ether oxygens (including phenoxy) is 1. The van der Waals surface area contributed by atoms with E-state index in [0.717, 1.165) is 52.4 Å². The average Bonchev–Trinajstić information content (AvgIpc) is 3.04. The van der Waals surface area contributed by atoms with E-state index in [1.165, 1.54) is 6.07 Å². The van der Waals surface area contributed by atoms with Crippen LogP contribution in [0, 0.1) is 18.8 Å². The molecule has 2 atom stereocenters. The lowest BCUT2D eigenvalue weighted by Gasteiger charge is -2.35. The van der Waals surface area contributed by atoms with E-state index in [2.05, 4.69) is 40.3 Å². The molecule has 0 N–H and O–H groups in total. The highest BCUT2D eigenvalue weighted by Crippen LogP contribution is 2.30. The maximum Gasteiger partial charge on any atom is 0.211 e. The summed E-state index contributed by atoms with van der Waals surface area (Å²) in [7, 11) is 0. The molecule has 3 heterocycles. The fourth-order valence-electron chi connectivity index (χ4n) is 4.21. The predicted octanol–water partition coefficient (Wildman–Crippen LogP) is 4.41. The van der Waals surface area contributed by atoms with Crippen LogP contribution in [0.3, 0.4) is 0 Å². The Morgan fingerprint density at radius 3 is 2.59 bits per heavy atom. The van der Waals surface area contributed by atoms with Gasteiger partial charge in [0, 0.05) is 19.2 Å². The van der Waals surface area contributed by atoms with Gasteiger partial charge in [-0.25, -0.2) is 9.37 Å². The SMILES string of the molecule is Cc1nc(N2C[C@@H](C)O[C@@H](C)C2)n2c1cnc1ccc(-c3cc[c]c(F)c3)cc12. The van der Waals surface area contributed by atoms with Crippen LogP contribution in [0.15, 0.2) is 42.6 Å². The third-order valence-electron chi connectivity index (χ3n) is 5.42. The number of hydrogen-bond donors (Lipinski definition) is 0. The second-order valence-electron chi connectivity index (χ2n) is 7.77. The molecule has 1 radical (unpaired) electrons. The fraction of sp³-hybridized carbons (Fsp3) is 0.304. The highest BCUT2D eigenvalue weighted by molar-refractivity contribution is 5.85. The van der Waals surface area contributed by atoms with E-state index in [9.17, 15) is 4.39 Å². The monoisotopic (exact) mass is 389 g/mol. The Balaban J connectivity index is 1.73. The number of aromatic nitrogens is 3. The van der Waals surface area contributed by atoms with Crippen molar-refractivity contribution in [3.05, 3.63) is 60.2 Å². The van der Waals surface area contributed by atoms with Gasteiger partial charge in [0.25, 0.3) is 0 Å². The zero-order valence-electron chi connectivity index (χ0n) is 16.7. The highest BCUT2D eigenvalue weighted by Gasteiger charge is 2.26. The summed E-state index contributed by atoms with van der Waals surface area (Å²) in [6.07, 6.45) is 2.15. The van der Waals surface area contributed by atoms with Crippen LogP contribution in [-0.4, -0.2) is 39.7 Å². The van der Waals surface area contributed by atoms with Crippen LogP contribution < -0.4 is 4.90 Å². The first kappa shape index (κ1) is 18.1. The molecule has 0 spiro atoms. The number of aryl methyl sites for hydroxylation is 1. The van der Waals surface area contributed by atoms with Gasteiger partial charge in [-0.05, 0) is 50.1 Å². The number of fused-ring (bicyclic) bond motifs is 3. The standard InChI is InChI=1S/C23H22FN4O/c1-14-12-27(13-15(2)29-14)23-26-16(3)22-11-25-20-8-7-18(10-21(20)28(22)23)17-5-4-6-19(24)9-17/h4-5,7-11,14-15H,12-13H2,1-3H3/t14-,15+. The normalized spacial score (nSPS) is 19.9. The van der Waals surface area contributed by atoms with Gasteiger partial charge in [-0.15, -0.1) is 0 Å². The van der Waals surface area contributed by atoms with Gasteiger partial charge in [0.2, 0.25) is 5.95 Å². The zero-order valence-corrected chi connectivity index (χ0v) is 16.7. The molecule has 1 fully saturated rings. The molecular weight excluding hydrogens is 367 g/mol. The molecule has 2 aromatic heterocycles. The number of benzene rings is 2. The summed E-state index contributed by atoms with van der Waals surface area (Å²) < 4.78 is 21.8. The van der Waals surface area contributed by atoms with Crippen LogP contribution in [0.2, 0.25) is 0 Å². The van der Waals surface area contributed by atoms with Crippen molar-refractivity contribution in [2.45, 2.75) is 33.0 Å². The first-order chi connectivity index (χ1) is 14.0. The first-order valence-corrected chi connectivity index (χ1v) is 9.85. The highest BCUT2D eigenvalue weighted by atomic mass is 19.1. The van der Waals surface area contributed by atoms with Crippen molar-refractivity contribution in [1.29, 1.82) is 0 Å². The molecule has 4 aromatic rings. The Kier molecular flexibility index (Phi) is 4.24. The van der Waals surface area contributed by atoms with Gasteiger partial charge < -0.3 is 9.64 Å². The maximum absolute atomic E-state index is 13.7. The largest absolute Gasteiger partial charge is 0.372 e. The molecule has 0 saturated carbocycles. The molecule has 5 nitrogen and oxygen atoms in total. The van der Waals surface area contributed by atoms with Crippen molar-refractivity contribution < 1.29 is 9.13 Å². The smallest absolute Gasteiger partial charge is 0.211 e. The number of morpholine rings is 1. The minimum absolute atomic E-state index is 0.138. The fourth-order valence-corrected chi connectivity index (χ4v) is 4.21. The van der Waals surface area contributed by atoms with Gasteiger partial charge in [-0.1, -0.05) is 18.2 Å². The number of anilines is 1. The molecule has 1 aliphatic rings. The van der Waals surface area contributed by atoms with E-state index in [0.29, 0.717) is 0 Å². The van der Waals surface area contributed by atoms with Crippen molar-refractivity contribution in [3.8, 4) is 11.1 Å². The van der Waals surface area contributed by atoms with Crippen molar-refractivity contribution in [3.63, 3.8) is 0 Å². The number of halogens is 1. The lowest BCUT2D eigenvalue weighted by Crippen LogP contribution is -2.46. The van der Waals surface area contributed by atoms with Gasteiger partial charge in [0.15, 0.2) is 0 Å². The Labute approximate surface area is 168 Å². The molecule has 2 aromatic carbocycles. The van der Waals surface area contributed by atoms with Gasteiger partial charge in [0.05, 0.1) is 40.6 Å². The van der Waals surface area contributed by atoms with Gasteiger partial charge >= 0.3 is 0 Å². The van der Waals surface area contributed by atoms with E-state index < -0.39 is 0 Å². The van der Waals surface area contributed by atoms with Crippen LogP contribution >= 0.6 is 0 Å². The van der Waals surface area contributed by atoms with Gasteiger partial charge in [-0.2, -0.15) is 0 Å². The molecule has 147 valence electrons. The van der Waals surface area contributed by atoms with E-state index in [1.54, 1.807) is 6.07 Å². The van der Waals surface area contributed by atoms with Crippen LogP contribution in [0.4, 0.5) is 10.3 Å². The van der Waals surface area contributed by atoms with Crippen LogP contribution in [0.5, 0.6) is 0 Å². The van der Waals surface area contributed by atoms with E-state index >= 15 is 0 Å². The Morgan fingerprint density at radius 1 is 1.07 bits per heavy atom. The summed E-state index contributed by atoms with van der Waals surface area (Å²) in [4.78, 5) is 11.8. The topological polar surface area (TPSA) is 42.7 Å². The predicted molar refractivity (Wildman–Crippen MR) is 112 cm³/mol. The third kappa shape index (κ3) is 3.13. The Morgan fingerprint density at radius 2 is 1.83 bits per heavy atom. The lowest BCUT2D eigenvalue weighted by atomic mass is 10.0. The van der Waals surface area contributed by atoms with Gasteiger partial charge in [-0.3, -0.25) is 9.38 Å². The molecular formula is C23H22FN4O. The minimum Gasteiger partial charge on any atom is -0.372 e. The molecule has 6 heteroatoms. The molecule has 0 amide bonds. The van der Waals surface area contributed by atoms with E-state index in [1.807, 2.05) is 31.3 Å². The zero-order chi connectivity index (χ0) is 20.1. The number of imidazole rings is 1. The maximum atomic E-state index is 13.7. The van der Waals surface area contributed by atoms with Gasteiger partial charge in [0.1, 0.15) is 5.82 Å². The second-order valence-corrected chi connectivity index (χ2v) is 7.77. The summed E-state index contributed by atoms with van der Waals surface area (Å²) in [5.41, 5.74) is 5.48.